The van der Waals surface area contributed by atoms with Crippen LogP contribution in [0.25, 0.3) is 22.0 Å². The maximum absolute atomic E-state index is 12.1. The van der Waals surface area contributed by atoms with Crippen LogP contribution in [0.15, 0.2) is 48.7 Å². The Balaban J connectivity index is 1.85. The van der Waals surface area contributed by atoms with Gasteiger partial charge in [0, 0.05) is 44.2 Å². The highest BCUT2D eigenvalue weighted by molar-refractivity contribution is 7.92. The molecule has 0 aliphatic carbocycles. The van der Waals surface area contributed by atoms with E-state index in [1.807, 2.05) is 43.4 Å². The van der Waals surface area contributed by atoms with Crippen molar-refractivity contribution in [3.63, 3.8) is 0 Å². The van der Waals surface area contributed by atoms with Crippen LogP contribution in [0.2, 0.25) is 0 Å². The maximum Gasteiger partial charge on any atom is 0.264 e. The van der Waals surface area contributed by atoms with E-state index in [4.69, 9.17) is 5.21 Å². The van der Waals surface area contributed by atoms with Crippen molar-refractivity contribution in [3.05, 3.63) is 48.7 Å². The lowest BCUT2D eigenvalue weighted by atomic mass is 10.0. The van der Waals surface area contributed by atoms with E-state index < -0.39 is 20.5 Å². The molecule has 1 aromatic heterocycles. The molecule has 8 nitrogen and oxygen atoms in total. The van der Waals surface area contributed by atoms with E-state index in [9.17, 15) is 13.2 Å². The fraction of sp³-hybridized carbons (Fsp3) is 0.333. The molecule has 3 rings (SSSR count). The van der Waals surface area contributed by atoms with Gasteiger partial charge in [0.05, 0.1) is 5.52 Å². The number of nitrogens with zero attached hydrogens (tertiary/aromatic N) is 3. The Bertz CT molecular complexity index is 1170. The Labute approximate surface area is 176 Å². The molecule has 9 heteroatoms. The van der Waals surface area contributed by atoms with E-state index in [1.54, 1.807) is 4.68 Å². The number of fused-ring (bicyclic) bond motifs is 1. The minimum Gasteiger partial charge on any atom is -0.378 e. The fourth-order valence-corrected chi connectivity index (χ4v) is 4.08. The number of carbonyl (C=O) groups excluding carboxylic acids is 1. The first-order chi connectivity index (χ1) is 14.0. The number of amides is 1. The van der Waals surface area contributed by atoms with Crippen molar-refractivity contribution in [2.24, 2.45) is 0 Å². The lowest BCUT2D eigenvalue weighted by molar-refractivity contribution is -0.131. The van der Waals surface area contributed by atoms with E-state index in [1.165, 1.54) is 12.4 Å². The highest BCUT2D eigenvalue weighted by Crippen LogP contribution is 2.27. The quantitative estimate of drug-likeness (QED) is 0.441. The SMILES string of the molecule is CN(C)c1ccc(-c2ccc3nn(CC[C@](C)(C(=O)NO)S(C)(=O)=O)cc3c2)cc1. The zero-order valence-corrected chi connectivity index (χ0v) is 18.3. The molecule has 0 saturated heterocycles. The van der Waals surface area contributed by atoms with Gasteiger partial charge in [-0.2, -0.15) is 5.10 Å². The van der Waals surface area contributed by atoms with Gasteiger partial charge in [0.25, 0.3) is 5.91 Å². The molecule has 0 radical (unpaired) electrons. The van der Waals surface area contributed by atoms with Gasteiger partial charge >= 0.3 is 0 Å². The van der Waals surface area contributed by atoms with Crippen LogP contribution in [0.1, 0.15) is 13.3 Å². The number of rotatable bonds is 7. The molecular formula is C21H26N4O4S. The molecule has 0 bridgehead atoms. The van der Waals surface area contributed by atoms with Crippen molar-refractivity contribution in [1.82, 2.24) is 15.3 Å². The van der Waals surface area contributed by atoms with Gasteiger partial charge in [-0.1, -0.05) is 18.2 Å². The molecule has 1 heterocycles. The lowest BCUT2D eigenvalue weighted by Crippen LogP contribution is -2.49. The van der Waals surface area contributed by atoms with E-state index in [-0.39, 0.29) is 13.0 Å². The van der Waals surface area contributed by atoms with Gasteiger partial charge in [-0.15, -0.1) is 0 Å². The van der Waals surface area contributed by atoms with Crippen LogP contribution in [0.3, 0.4) is 0 Å². The van der Waals surface area contributed by atoms with Crippen LogP contribution >= 0.6 is 0 Å². The van der Waals surface area contributed by atoms with Gasteiger partial charge in [0.2, 0.25) is 0 Å². The molecule has 0 aliphatic rings. The van der Waals surface area contributed by atoms with Crippen LogP contribution in [0, 0.1) is 0 Å². The smallest absolute Gasteiger partial charge is 0.264 e. The van der Waals surface area contributed by atoms with Gasteiger partial charge < -0.3 is 4.90 Å². The zero-order valence-electron chi connectivity index (χ0n) is 17.5. The normalized spacial score (nSPS) is 13.8. The summed E-state index contributed by atoms with van der Waals surface area (Å²) in [6.07, 6.45) is 2.79. The first-order valence-corrected chi connectivity index (χ1v) is 11.3. The van der Waals surface area contributed by atoms with Crippen LogP contribution in [0.5, 0.6) is 0 Å². The lowest BCUT2D eigenvalue weighted by Gasteiger charge is -2.24. The van der Waals surface area contributed by atoms with E-state index >= 15 is 0 Å². The minimum atomic E-state index is -3.75. The van der Waals surface area contributed by atoms with Crippen molar-refractivity contribution in [1.29, 1.82) is 0 Å². The second-order valence-corrected chi connectivity index (χ2v) is 10.2. The zero-order chi connectivity index (χ0) is 22.1. The fourth-order valence-electron chi connectivity index (χ4n) is 3.24. The molecule has 3 aromatic rings. The third-order valence-electron chi connectivity index (χ3n) is 5.49. The van der Waals surface area contributed by atoms with Crippen LogP contribution in [0.4, 0.5) is 5.69 Å². The van der Waals surface area contributed by atoms with Gasteiger partial charge in [0.15, 0.2) is 14.6 Å². The average Bonchev–Trinajstić information content (AvgIpc) is 3.12. The molecule has 0 spiro atoms. The molecule has 30 heavy (non-hydrogen) atoms. The van der Waals surface area contributed by atoms with Gasteiger partial charge in [-0.3, -0.25) is 14.7 Å². The summed E-state index contributed by atoms with van der Waals surface area (Å²) in [6, 6.07) is 14.2. The number of hydroxylamine groups is 1. The molecule has 1 atom stereocenters. The largest absolute Gasteiger partial charge is 0.378 e. The number of hydrogen-bond acceptors (Lipinski definition) is 6. The van der Waals surface area contributed by atoms with Crippen molar-refractivity contribution in [2.75, 3.05) is 25.3 Å². The first kappa shape index (κ1) is 21.8. The van der Waals surface area contributed by atoms with Crippen LogP contribution < -0.4 is 10.4 Å². The molecule has 0 fully saturated rings. The predicted octanol–water partition coefficient (Wildman–Crippen LogP) is 2.47. The second-order valence-electron chi connectivity index (χ2n) is 7.80. The molecule has 0 unspecified atom stereocenters. The van der Waals surface area contributed by atoms with E-state index in [0.29, 0.717) is 0 Å². The van der Waals surface area contributed by atoms with Crippen molar-refractivity contribution < 1.29 is 18.4 Å². The average molecular weight is 431 g/mol. The molecular weight excluding hydrogens is 404 g/mol. The van der Waals surface area contributed by atoms with E-state index in [0.717, 1.165) is 34.0 Å². The summed E-state index contributed by atoms with van der Waals surface area (Å²) >= 11 is 0. The molecule has 1 amide bonds. The summed E-state index contributed by atoms with van der Waals surface area (Å²) in [5.41, 5.74) is 5.49. The third-order valence-corrected chi connectivity index (χ3v) is 7.51. The molecule has 160 valence electrons. The number of aryl methyl sites for hydroxylation is 1. The predicted molar refractivity (Wildman–Crippen MR) is 117 cm³/mol. The monoisotopic (exact) mass is 430 g/mol. The topological polar surface area (TPSA) is 105 Å². The van der Waals surface area contributed by atoms with Crippen LogP contribution in [-0.4, -0.2) is 54.4 Å². The Hall–Kier alpha value is -2.91. The summed E-state index contributed by atoms with van der Waals surface area (Å²) in [4.78, 5) is 14.0. The first-order valence-electron chi connectivity index (χ1n) is 9.44. The summed E-state index contributed by atoms with van der Waals surface area (Å²) in [7, 11) is 0.244. The Kier molecular flexibility index (Phi) is 5.87. The van der Waals surface area contributed by atoms with E-state index in [2.05, 4.69) is 29.4 Å². The summed E-state index contributed by atoms with van der Waals surface area (Å²) in [5, 5.41) is 14.3. The Morgan fingerprint density at radius 3 is 2.37 bits per heavy atom. The number of hydrogen-bond donors (Lipinski definition) is 2. The summed E-state index contributed by atoms with van der Waals surface area (Å²) in [6.45, 7) is 1.51. The Morgan fingerprint density at radius 2 is 1.80 bits per heavy atom. The number of aromatic nitrogens is 2. The number of anilines is 1. The molecule has 0 saturated carbocycles. The number of carbonyl (C=O) groups is 1. The van der Waals surface area contributed by atoms with Gasteiger partial charge in [-0.25, -0.2) is 13.9 Å². The summed E-state index contributed by atoms with van der Waals surface area (Å²) in [5.74, 6) is -0.954. The van der Waals surface area contributed by atoms with Gasteiger partial charge in [-0.05, 0) is 48.7 Å². The highest BCUT2D eigenvalue weighted by atomic mass is 32.2. The third kappa shape index (κ3) is 4.17. The van der Waals surface area contributed by atoms with Crippen molar-refractivity contribution >= 4 is 32.3 Å². The second kappa shape index (κ2) is 8.08. The Morgan fingerprint density at radius 1 is 1.17 bits per heavy atom. The number of benzene rings is 2. The van der Waals surface area contributed by atoms with Crippen LogP contribution in [-0.2, 0) is 21.2 Å². The highest BCUT2D eigenvalue weighted by Gasteiger charge is 2.43. The standard InChI is InChI=1S/C21H26N4O4S/c1-21(20(26)23-27,30(4,28)29)11-12-25-14-17-13-16(7-10-19(17)22-25)15-5-8-18(9-6-15)24(2)3/h5-10,13-14,27H,11-12H2,1-4H3,(H,23,26)/t21-/m1/s1. The van der Waals surface area contributed by atoms with Crippen molar-refractivity contribution in [3.8, 4) is 11.1 Å². The van der Waals surface area contributed by atoms with Crippen molar-refractivity contribution in [2.45, 2.75) is 24.6 Å². The molecule has 0 aliphatic heterocycles. The molecule has 2 N–H and O–H groups in total. The molecule has 2 aromatic carbocycles. The minimum absolute atomic E-state index is 0.0227. The number of sulfone groups is 1. The summed E-state index contributed by atoms with van der Waals surface area (Å²) < 4.78 is 24.1. The van der Waals surface area contributed by atoms with Gasteiger partial charge in [0.1, 0.15) is 0 Å². The maximum atomic E-state index is 12.1. The number of nitrogens with one attached hydrogen (secondary N) is 1.